The van der Waals surface area contributed by atoms with Crippen LogP contribution in [0.25, 0.3) is 0 Å². The molecule has 0 radical (unpaired) electrons. The van der Waals surface area contributed by atoms with E-state index in [1.807, 2.05) is 13.8 Å². The van der Waals surface area contributed by atoms with Crippen molar-refractivity contribution in [2.24, 2.45) is 0 Å². The molecule has 1 aliphatic carbocycles. The van der Waals surface area contributed by atoms with E-state index in [9.17, 15) is 0 Å². The molecule has 1 fully saturated rings. The summed E-state index contributed by atoms with van der Waals surface area (Å²) in [6.07, 6.45) is 2.65. The van der Waals surface area contributed by atoms with Gasteiger partial charge in [-0.1, -0.05) is 5.16 Å². The topological polar surface area (TPSA) is 38.1 Å². The van der Waals surface area contributed by atoms with Gasteiger partial charge in [-0.05, 0) is 26.7 Å². The first-order chi connectivity index (χ1) is 5.77. The molecule has 1 heterocycles. The van der Waals surface area contributed by atoms with Crippen molar-refractivity contribution in [2.75, 3.05) is 0 Å². The number of rotatable bonds is 3. The van der Waals surface area contributed by atoms with Crippen LogP contribution >= 0.6 is 0 Å². The van der Waals surface area contributed by atoms with Crippen LogP contribution in [0.2, 0.25) is 0 Å². The second-order valence-electron chi connectivity index (χ2n) is 3.46. The van der Waals surface area contributed by atoms with Crippen LogP contribution in [0.1, 0.15) is 29.9 Å². The zero-order chi connectivity index (χ0) is 8.55. The molecule has 1 saturated carbocycles. The van der Waals surface area contributed by atoms with Crippen molar-refractivity contribution < 1.29 is 4.52 Å². The highest BCUT2D eigenvalue weighted by Crippen LogP contribution is 2.20. The lowest BCUT2D eigenvalue weighted by Crippen LogP contribution is -2.16. The molecule has 0 amide bonds. The fourth-order valence-corrected chi connectivity index (χ4v) is 1.29. The van der Waals surface area contributed by atoms with Crippen molar-refractivity contribution in [3.8, 4) is 0 Å². The predicted molar refractivity (Wildman–Crippen MR) is 45.8 cm³/mol. The van der Waals surface area contributed by atoms with E-state index in [1.54, 1.807) is 0 Å². The maximum atomic E-state index is 5.06. The van der Waals surface area contributed by atoms with Crippen LogP contribution in [0, 0.1) is 13.8 Å². The van der Waals surface area contributed by atoms with Crippen molar-refractivity contribution in [3.63, 3.8) is 0 Å². The third kappa shape index (κ3) is 1.50. The number of nitrogens with zero attached hydrogens (tertiary/aromatic N) is 1. The molecule has 1 aromatic rings. The third-order valence-electron chi connectivity index (χ3n) is 2.33. The lowest BCUT2D eigenvalue weighted by molar-refractivity contribution is 0.392. The molecule has 0 aliphatic heterocycles. The first-order valence-electron chi connectivity index (χ1n) is 4.42. The molecule has 3 heteroatoms. The lowest BCUT2D eigenvalue weighted by Gasteiger charge is -2.00. The summed E-state index contributed by atoms with van der Waals surface area (Å²) in [5.41, 5.74) is 2.24. The monoisotopic (exact) mass is 166 g/mol. The maximum absolute atomic E-state index is 5.06. The molecule has 1 N–H and O–H groups in total. The quantitative estimate of drug-likeness (QED) is 0.740. The summed E-state index contributed by atoms with van der Waals surface area (Å²) in [5, 5.41) is 7.34. The second-order valence-corrected chi connectivity index (χ2v) is 3.46. The second kappa shape index (κ2) is 2.90. The van der Waals surface area contributed by atoms with Crippen LogP contribution in [0.15, 0.2) is 4.52 Å². The van der Waals surface area contributed by atoms with Gasteiger partial charge in [0.15, 0.2) is 0 Å². The molecule has 0 spiro atoms. The van der Waals surface area contributed by atoms with Gasteiger partial charge in [-0.15, -0.1) is 0 Å². The summed E-state index contributed by atoms with van der Waals surface area (Å²) < 4.78 is 5.06. The molecular weight excluding hydrogens is 152 g/mol. The van der Waals surface area contributed by atoms with Gasteiger partial charge in [0.1, 0.15) is 5.76 Å². The number of aryl methyl sites for hydroxylation is 2. The van der Waals surface area contributed by atoms with Gasteiger partial charge in [0, 0.05) is 18.2 Å². The van der Waals surface area contributed by atoms with Gasteiger partial charge in [0.05, 0.1) is 5.69 Å². The van der Waals surface area contributed by atoms with Crippen LogP contribution in [0.3, 0.4) is 0 Å². The number of hydrogen-bond donors (Lipinski definition) is 1. The minimum atomic E-state index is 0.749. The number of aromatic nitrogens is 1. The summed E-state index contributed by atoms with van der Waals surface area (Å²) in [5.74, 6) is 0.945. The first-order valence-corrected chi connectivity index (χ1v) is 4.42. The van der Waals surface area contributed by atoms with Crippen molar-refractivity contribution >= 4 is 0 Å². The molecule has 2 rings (SSSR count). The van der Waals surface area contributed by atoms with E-state index >= 15 is 0 Å². The first kappa shape index (κ1) is 7.80. The molecule has 0 atom stereocenters. The summed E-state index contributed by atoms with van der Waals surface area (Å²) in [6, 6.07) is 0.749. The highest BCUT2D eigenvalue weighted by Gasteiger charge is 2.21. The van der Waals surface area contributed by atoms with E-state index in [0.29, 0.717) is 0 Å². The van der Waals surface area contributed by atoms with Gasteiger partial charge < -0.3 is 9.84 Å². The molecule has 1 aliphatic rings. The van der Waals surface area contributed by atoms with Gasteiger partial charge in [0.25, 0.3) is 0 Å². The lowest BCUT2D eigenvalue weighted by atomic mass is 10.2. The molecule has 66 valence electrons. The summed E-state index contributed by atoms with van der Waals surface area (Å²) in [6.45, 7) is 4.86. The SMILES string of the molecule is Cc1noc(C)c1CNC1CC1. The highest BCUT2D eigenvalue weighted by molar-refractivity contribution is 5.20. The van der Waals surface area contributed by atoms with E-state index in [0.717, 1.165) is 24.0 Å². The zero-order valence-electron chi connectivity index (χ0n) is 7.55. The zero-order valence-corrected chi connectivity index (χ0v) is 7.55. The number of hydrogen-bond acceptors (Lipinski definition) is 3. The van der Waals surface area contributed by atoms with Crippen molar-refractivity contribution in [3.05, 3.63) is 17.0 Å². The van der Waals surface area contributed by atoms with Crippen LogP contribution < -0.4 is 5.32 Å². The molecule has 3 nitrogen and oxygen atoms in total. The summed E-state index contributed by atoms with van der Waals surface area (Å²) in [7, 11) is 0. The molecule has 0 bridgehead atoms. The summed E-state index contributed by atoms with van der Waals surface area (Å²) >= 11 is 0. The Hall–Kier alpha value is -0.830. The molecule has 0 unspecified atom stereocenters. The van der Waals surface area contributed by atoms with Crippen LogP contribution in [-0.2, 0) is 6.54 Å². The average molecular weight is 166 g/mol. The van der Waals surface area contributed by atoms with Crippen LogP contribution in [-0.4, -0.2) is 11.2 Å². The van der Waals surface area contributed by atoms with Crippen LogP contribution in [0.4, 0.5) is 0 Å². The Morgan fingerprint density at radius 1 is 1.50 bits per heavy atom. The number of nitrogens with one attached hydrogen (secondary N) is 1. The van der Waals surface area contributed by atoms with Gasteiger partial charge in [0.2, 0.25) is 0 Å². The predicted octanol–water partition coefficient (Wildman–Crippen LogP) is 1.54. The molecular formula is C9H14N2O. The summed E-state index contributed by atoms with van der Waals surface area (Å²) in [4.78, 5) is 0. The Balaban J connectivity index is 1.99. The smallest absolute Gasteiger partial charge is 0.138 e. The standard InChI is InChI=1S/C9H14N2O/c1-6-9(7(2)12-11-6)5-10-8-3-4-8/h8,10H,3-5H2,1-2H3. The van der Waals surface area contributed by atoms with Gasteiger partial charge in [-0.3, -0.25) is 0 Å². The Morgan fingerprint density at radius 2 is 2.25 bits per heavy atom. The largest absolute Gasteiger partial charge is 0.361 e. The average Bonchev–Trinajstić information content (AvgIpc) is 2.80. The van der Waals surface area contributed by atoms with Gasteiger partial charge >= 0.3 is 0 Å². The Kier molecular flexibility index (Phi) is 1.89. The fraction of sp³-hybridized carbons (Fsp3) is 0.667. The van der Waals surface area contributed by atoms with Crippen LogP contribution in [0.5, 0.6) is 0 Å². The fourth-order valence-electron chi connectivity index (χ4n) is 1.29. The van der Waals surface area contributed by atoms with E-state index in [2.05, 4.69) is 10.5 Å². The normalized spacial score (nSPS) is 16.8. The van der Waals surface area contributed by atoms with E-state index in [4.69, 9.17) is 4.52 Å². The Labute approximate surface area is 72.1 Å². The molecule has 1 aromatic heterocycles. The van der Waals surface area contributed by atoms with E-state index in [-0.39, 0.29) is 0 Å². The molecule has 0 aromatic carbocycles. The third-order valence-corrected chi connectivity index (χ3v) is 2.33. The van der Waals surface area contributed by atoms with E-state index < -0.39 is 0 Å². The van der Waals surface area contributed by atoms with Crippen molar-refractivity contribution in [1.82, 2.24) is 10.5 Å². The highest BCUT2D eigenvalue weighted by atomic mass is 16.5. The van der Waals surface area contributed by atoms with Gasteiger partial charge in [-0.25, -0.2) is 0 Å². The molecule has 0 saturated heterocycles. The minimum Gasteiger partial charge on any atom is -0.361 e. The van der Waals surface area contributed by atoms with Crippen molar-refractivity contribution in [1.29, 1.82) is 0 Å². The van der Waals surface area contributed by atoms with Crippen molar-refractivity contribution in [2.45, 2.75) is 39.3 Å². The Morgan fingerprint density at radius 3 is 2.75 bits per heavy atom. The van der Waals surface area contributed by atoms with Gasteiger partial charge in [-0.2, -0.15) is 0 Å². The maximum Gasteiger partial charge on any atom is 0.138 e. The minimum absolute atomic E-state index is 0.749. The van der Waals surface area contributed by atoms with E-state index in [1.165, 1.54) is 18.4 Å². The molecule has 12 heavy (non-hydrogen) atoms. The Bertz CT molecular complexity index is 257.